The quantitative estimate of drug-likeness (QED) is 0.399. The fourth-order valence-corrected chi connectivity index (χ4v) is 4.38. The summed E-state index contributed by atoms with van der Waals surface area (Å²) in [6.45, 7) is 6.09. The van der Waals surface area contributed by atoms with Gasteiger partial charge in [0.15, 0.2) is 0 Å². The van der Waals surface area contributed by atoms with E-state index in [-0.39, 0.29) is 16.9 Å². The van der Waals surface area contributed by atoms with Gasteiger partial charge in [-0.25, -0.2) is 19.3 Å². The van der Waals surface area contributed by atoms with Crippen LogP contribution >= 0.6 is 0 Å². The molecule has 0 aliphatic heterocycles. The molecule has 0 bridgehead atoms. The number of H-pyrrole nitrogens is 1. The lowest BCUT2D eigenvalue weighted by Gasteiger charge is -2.22. The van der Waals surface area contributed by atoms with Gasteiger partial charge >= 0.3 is 11.4 Å². The van der Waals surface area contributed by atoms with E-state index in [4.69, 9.17) is 0 Å². The van der Waals surface area contributed by atoms with Crippen molar-refractivity contribution in [3.8, 4) is 28.3 Å². The number of fused-ring (bicyclic) bond motifs is 1. The lowest BCUT2D eigenvalue weighted by Crippen LogP contribution is -2.29. The number of hydrogen-bond donors (Lipinski definition) is 2. The normalized spacial score (nSPS) is 11.7. The van der Waals surface area contributed by atoms with E-state index in [0.717, 1.165) is 31.3 Å². The van der Waals surface area contributed by atoms with Gasteiger partial charge in [-0.15, -0.1) is 0 Å². The fraction of sp³-hybridized carbons (Fsp3) is 0.143. The van der Waals surface area contributed by atoms with Crippen LogP contribution in [0.5, 0.6) is 5.75 Å². The highest BCUT2D eigenvalue weighted by Gasteiger charge is 2.23. The third kappa shape index (κ3) is 3.53. The molecule has 170 valence electrons. The van der Waals surface area contributed by atoms with Crippen LogP contribution in [0.2, 0.25) is 0 Å². The van der Waals surface area contributed by atoms with E-state index in [1.54, 1.807) is 18.2 Å². The molecule has 2 N–H and O–H groups in total. The molecular weight excluding hydrogens is 426 g/mol. The number of nitrogens with zero attached hydrogens (tertiary/aromatic N) is 2. The second-order valence-electron chi connectivity index (χ2n) is 9.37. The van der Waals surface area contributed by atoms with Gasteiger partial charge in [0, 0.05) is 5.39 Å². The lowest BCUT2D eigenvalue weighted by molar-refractivity contribution is 0.470. The van der Waals surface area contributed by atoms with Crippen LogP contribution in [-0.4, -0.2) is 19.5 Å². The van der Waals surface area contributed by atoms with Crippen molar-refractivity contribution in [3.05, 3.63) is 111 Å². The number of rotatable bonds is 3. The van der Waals surface area contributed by atoms with Gasteiger partial charge in [0.2, 0.25) is 0 Å². The smallest absolute Gasteiger partial charge is 0.356 e. The second kappa shape index (κ2) is 7.92. The summed E-state index contributed by atoms with van der Waals surface area (Å²) in [7, 11) is 0. The van der Waals surface area contributed by atoms with Gasteiger partial charge in [0.05, 0.1) is 5.69 Å². The summed E-state index contributed by atoms with van der Waals surface area (Å²) in [4.78, 5) is 26.7. The highest BCUT2D eigenvalue weighted by Crippen LogP contribution is 2.33. The summed E-state index contributed by atoms with van der Waals surface area (Å²) in [6, 6.07) is 26.4. The van der Waals surface area contributed by atoms with Crippen molar-refractivity contribution in [2.45, 2.75) is 26.2 Å². The number of hydrogen-bond acceptors (Lipinski definition) is 3. The van der Waals surface area contributed by atoms with Crippen LogP contribution < -0.4 is 11.4 Å². The zero-order valence-electron chi connectivity index (χ0n) is 19.2. The number of aromatic nitrogens is 3. The van der Waals surface area contributed by atoms with Gasteiger partial charge in [-0.05, 0) is 45.7 Å². The number of nitrogens with one attached hydrogen (secondary N) is 1. The molecule has 4 aromatic carbocycles. The van der Waals surface area contributed by atoms with Crippen molar-refractivity contribution in [2.75, 3.05) is 0 Å². The molecule has 34 heavy (non-hydrogen) atoms. The van der Waals surface area contributed by atoms with Gasteiger partial charge in [-0.1, -0.05) is 87.5 Å². The van der Waals surface area contributed by atoms with E-state index < -0.39 is 11.4 Å². The summed E-state index contributed by atoms with van der Waals surface area (Å²) in [5, 5.41) is 15.0. The molecule has 0 amide bonds. The molecule has 6 heteroatoms. The monoisotopic (exact) mass is 451 g/mol. The Balaban J connectivity index is 1.78. The van der Waals surface area contributed by atoms with E-state index in [1.807, 2.05) is 81.4 Å². The Labute approximate surface area is 196 Å². The molecule has 0 unspecified atom stereocenters. The first-order valence-electron chi connectivity index (χ1n) is 11.1. The van der Waals surface area contributed by atoms with Gasteiger partial charge in [0.1, 0.15) is 11.4 Å². The molecule has 0 saturated heterocycles. The summed E-state index contributed by atoms with van der Waals surface area (Å²) in [6.07, 6.45) is 0. The fourth-order valence-electron chi connectivity index (χ4n) is 4.38. The van der Waals surface area contributed by atoms with Gasteiger partial charge in [-0.3, -0.25) is 0 Å². The molecule has 0 atom stereocenters. The molecule has 0 fully saturated rings. The Bertz CT molecular complexity index is 1630. The maximum absolute atomic E-state index is 13.6. The maximum Gasteiger partial charge on any atom is 0.356 e. The van der Waals surface area contributed by atoms with Crippen LogP contribution in [0, 0.1) is 0 Å². The predicted octanol–water partition coefficient (Wildman–Crippen LogP) is 5.14. The maximum atomic E-state index is 13.6. The Morgan fingerprint density at radius 2 is 1.47 bits per heavy atom. The second-order valence-corrected chi connectivity index (χ2v) is 9.37. The minimum Gasteiger partial charge on any atom is -0.506 e. The Morgan fingerprint density at radius 3 is 2.21 bits per heavy atom. The minimum absolute atomic E-state index is 0.0997. The Kier molecular flexibility index (Phi) is 5.01. The number of benzene rings is 4. The van der Waals surface area contributed by atoms with Gasteiger partial charge in [0.25, 0.3) is 0 Å². The van der Waals surface area contributed by atoms with Crippen LogP contribution in [0.25, 0.3) is 33.3 Å². The summed E-state index contributed by atoms with van der Waals surface area (Å²) < 4.78 is 2.26. The van der Waals surface area contributed by atoms with Crippen LogP contribution in [0.4, 0.5) is 0 Å². The average molecular weight is 452 g/mol. The van der Waals surface area contributed by atoms with Crippen LogP contribution in [0.15, 0.2) is 94.5 Å². The van der Waals surface area contributed by atoms with E-state index in [9.17, 15) is 14.7 Å². The van der Waals surface area contributed by atoms with E-state index >= 15 is 0 Å². The Hall–Kier alpha value is -4.32. The van der Waals surface area contributed by atoms with Crippen molar-refractivity contribution in [1.29, 1.82) is 0 Å². The molecular formula is C28H25N3O3. The SMILES string of the molecule is CC(C)(C)c1ccccc1-n1c(=O)[nH]n(-c2c(O)ccc3ccc(-c4ccccc4)cc23)c1=O. The first-order valence-corrected chi connectivity index (χ1v) is 11.1. The molecule has 0 aliphatic carbocycles. The molecule has 0 aliphatic rings. The third-order valence-electron chi connectivity index (χ3n) is 6.05. The van der Waals surface area contributed by atoms with Crippen molar-refractivity contribution in [3.63, 3.8) is 0 Å². The van der Waals surface area contributed by atoms with Crippen molar-refractivity contribution in [2.24, 2.45) is 0 Å². The molecule has 1 aromatic heterocycles. The van der Waals surface area contributed by atoms with Crippen LogP contribution in [-0.2, 0) is 5.41 Å². The van der Waals surface area contributed by atoms with Crippen molar-refractivity contribution >= 4 is 10.8 Å². The first-order chi connectivity index (χ1) is 16.3. The molecule has 0 radical (unpaired) electrons. The highest BCUT2D eigenvalue weighted by atomic mass is 16.3. The van der Waals surface area contributed by atoms with E-state index in [0.29, 0.717) is 11.1 Å². The number of aromatic hydroxyl groups is 1. The summed E-state index contributed by atoms with van der Waals surface area (Å²) in [5.74, 6) is -0.0997. The molecule has 5 aromatic rings. The molecule has 5 rings (SSSR count). The largest absolute Gasteiger partial charge is 0.506 e. The molecule has 6 nitrogen and oxygen atoms in total. The van der Waals surface area contributed by atoms with Crippen LogP contribution in [0.1, 0.15) is 26.3 Å². The van der Waals surface area contributed by atoms with Crippen molar-refractivity contribution < 1.29 is 5.11 Å². The van der Waals surface area contributed by atoms with Crippen molar-refractivity contribution in [1.82, 2.24) is 14.3 Å². The first kappa shape index (κ1) is 21.5. The van der Waals surface area contributed by atoms with E-state index in [1.165, 1.54) is 6.07 Å². The van der Waals surface area contributed by atoms with Crippen LogP contribution in [0.3, 0.4) is 0 Å². The molecule has 0 saturated carbocycles. The summed E-state index contributed by atoms with van der Waals surface area (Å²) >= 11 is 0. The number of aromatic amines is 1. The van der Waals surface area contributed by atoms with Gasteiger partial charge in [-0.2, -0.15) is 4.68 Å². The van der Waals surface area contributed by atoms with E-state index in [2.05, 4.69) is 5.10 Å². The minimum atomic E-state index is -0.574. The number of para-hydroxylation sites is 1. The highest BCUT2D eigenvalue weighted by molar-refractivity contribution is 5.95. The zero-order valence-corrected chi connectivity index (χ0v) is 19.2. The molecule has 1 heterocycles. The standard InChI is InChI=1S/C28H25N3O3/c1-28(2,3)22-11-7-8-12-23(22)30-26(33)29-31(27(30)34)25-21-17-20(18-9-5-4-6-10-18)14-13-19(21)15-16-24(25)32/h4-17,32H,1-3H3,(H,29,33). The predicted molar refractivity (Wildman–Crippen MR) is 135 cm³/mol. The average Bonchev–Trinajstić information content (AvgIpc) is 3.11. The number of phenolic OH excluding ortho intramolecular Hbond substituents is 1. The zero-order chi connectivity index (χ0) is 24.0. The number of phenols is 1. The third-order valence-corrected chi connectivity index (χ3v) is 6.05. The topological polar surface area (TPSA) is 80.0 Å². The summed E-state index contributed by atoms with van der Waals surface area (Å²) in [5.41, 5.74) is 2.15. The van der Waals surface area contributed by atoms with Gasteiger partial charge < -0.3 is 5.11 Å². The Morgan fingerprint density at radius 1 is 0.794 bits per heavy atom. The molecule has 0 spiro atoms. The lowest BCUT2D eigenvalue weighted by atomic mass is 9.86.